The van der Waals surface area contributed by atoms with Crippen molar-refractivity contribution in [2.45, 2.75) is 144 Å². The highest BCUT2D eigenvalue weighted by Crippen LogP contribution is 2.64. The van der Waals surface area contributed by atoms with Crippen LogP contribution in [-0.2, 0) is 4.79 Å². The van der Waals surface area contributed by atoms with E-state index < -0.39 is 71.0 Å². The highest BCUT2D eigenvalue weighted by Gasteiger charge is 2.95. The molecule has 0 atom stereocenters. The Labute approximate surface area is 279 Å². The Morgan fingerprint density at radius 3 is 1.12 bits per heavy atom. The lowest BCUT2D eigenvalue weighted by Gasteiger charge is -2.42. The number of carbonyl (C=O) groups excluding carboxylic acids is 1. The predicted octanol–water partition coefficient (Wildman–Crippen LogP) is 12.6. The Morgan fingerprint density at radius 1 is 0.449 bits per heavy atom. The van der Waals surface area contributed by atoms with E-state index in [0.29, 0.717) is 23.0 Å². The summed E-state index contributed by atoms with van der Waals surface area (Å²) in [6, 6.07) is 0. The average molecular weight is 798 g/mol. The van der Waals surface area contributed by atoms with Gasteiger partial charge in [0, 0.05) is 11.5 Å². The molecule has 2 nitrogen and oxygen atoms in total. The van der Waals surface area contributed by atoms with Crippen LogP contribution in [0.2, 0.25) is 0 Å². The zero-order valence-electron chi connectivity index (χ0n) is 26.0. The number of amides is 1. The van der Waals surface area contributed by atoms with Gasteiger partial charge >= 0.3 is 53.5 Å². The summed E-state index contributed by atoms with van der Waals surface area (Å²) in [5, 5.41) is -1.90. The van der Waals surface area contributed by atoms with E-state index in [-0.39, 0.29) is 0 Å². The first kappa shape index (κ1) is 47.9. The summed E-state index contributed by atoms with van der Waals surface area (Å²) in [5.74, 6) is -63.3. The van der Waals surface area contributed by atoms with E-state index in [2.05, 4.69) is 6.92 Å². The van der Waals surface area contributed by atoms with Crippen LogP contribution in [0.15, 0.2) is 0 Å². The van der Waals surface area contributed by atoms with Crippen LogP contribution < -0.4 is 0 Å². The molecule has 0 aromatic rings. The fourth-order valence-electron chi connectivity index (χ4n) is 4.14. The molecule has 0 rings (SSSR count). The zero-order chi connectivity index (χ0) is 38.6. The Balaban J connectivity index is 4.91. The molecule has 0 fully saturated rings. The molecule has 49 heavy (non-hydrogen) atoms. The van der Waals surface area contributed by atoms with Gasteiger partial charge in [0.2, 0.25) is 0 Å². The van der Waals surface area contributed by atoms with E-state index in [4.69, 9.17) is 0 Å². The van der Waals surface area contributed by atoms with Gasteiger partial charge in [0.05, 0.1) is 6.54 Å². The fraction of sp³-hybridized carbons (Fsp3) is 0.963. The lowest BCUT2D eigenvalue weighted by molar-refractivity contribution is -0.459. The maximum Gasteiger partial charge on any atom is 0.460 e. The molecule has 0 radical (unpaired) electrons. The molecule has 0 bridgehead atoms. The molecule has 22 heteroatoms. The van der Waals surface area contributed by atoms with Gasteiger partial charge in [-0.05, 0) is 6.42 Å². The third kappa shape index (κ3) is 11.2. The molecule has 0 unspecified atom stereocenters. The molecular formula is C27H37F18NOS2. The van der Waals surface area contributed by atoms with Crippen molar-refractivity contribution in [1.29, 1.82) is 0 Å². The van der Waals surface area contributed by atoms with E-state index >= 15 is 0 Å². The second-order valence-corrected chi connectivity index (χ2v) is 13.9. The summed E-state index contributed by atoms with van der Waals surface area (Å²) in [5.41, 5.74) is 0. The maximum atomic E-state index is 13.9. The van der Waals surface area contributed by atoms with Crippen LogP contribution in [0, 0.1) is 0 Å². The molecule has 294 valence electrons. The van der Waals surface area contributed by atoms with E-state index in [9.17, 15) is 83.9 Å². The zero-order valence-corrected chi connectivity index (χ0v) is 27.6. The summed E-state index contributed by atoms with van der Waals surface area (Å²) in [4.78, 5) is 11.5. The van der Waals surface area contributed by atoms with Gasteiger partial charge in [0.15, 0.2) is 0 Å². The number of rotatable bonds is 26. The van der Waals surface area contributed by atoms with Gasteiger partial charge in [-0.2, -0.15) is 79.8 Å². The van der Waals surface area contributed by atoms with E-state index in [1.165, 1.54) is 44.9 Å². The molecule has 0 saturated heterocycles. The number of unbranched alkanes of at least 4 members (excludes halogenated alkanes) is 13. The molecule has 0 aliphatic heterocycles. The monoisotopic (exact) mass is 797 g/mol. The predicted molar refractivity (Wildman–Crippen MR) is 149 cm³/mol. The average Bonchev–Trinajstić information content (AvgIpc) is 2.98. The molecule has 0 aliphatic rings. The smallest absolute Gasteiger partial charge is 0.265 e. The van der Waals surface area contributed by atoms with Crippen molar-refractivity contribution in [3.8, 4) is 0 Å². The second kappa shape index (κ2) is 19.1. The highest BCUT2D eigenvalue weighted by atomic mass is 33.1. The molecular weight excluding hydrogens is 760 g/mol. The molecule has 0 N–H and O–H groups in total. The maximum absolute atomic E-state index is 13.9. The minimum atomic E-state index is -8.83. The number of hydrogen-bond acceptors (Lipinski definition) is 3. The van der Waals surface area contributed by atoms with Crippen LogP contribution >= 0.6 is 21.6 Å². The van der Waals surface area contributed by atoms with Gasteiger partial charge in [0.25, 0.3) is 0 Å². The first-order valence-corrected chi connectivity index (χ1v) is 17.6. The Morgan fingerprint density at radius 2 is 0.755 bits per heavy atom. The third-order valence-electron chi connectivity index (χ3n) is 7.25. The normalized spacial score (nSPS) is 14.4. The first-order chi connectivity index (χ1) is 22.1. The van der Waals surface area contributed by atoms with Crippen molar-refractivity contribution in [2.24, 2.45) is 0 Å². The minimum absolute atomic E-state index is 0.394. The van der Waals surface area contributed by atoms with Crippen molar-refractivity contribution in [3.05, 3.63) is 0 Å². The molecule has 0 aromatic carbocycles. The summed E-state index contributed by atoms with van der Waals surface area (Å²) in [6.45, 7) is 0.545. The van der Waals surface area contributed by atoms with Crippen LogP contribution in [0.25, 0.3) is 0 Å². The van der Waals surface area contributed by atoms with Gasteiger partial charge in [-0.15, -0.1) is 0 Å². The first-order valence-electron chi connectivity index (χ1n) is 15.1. The Kier molecular flexibility index (Phi) is 18.7. The summed E-state index contributed by atoms with van der Waals surface area (Å²) in [7, 11) is 1.64. The SMILES string of the molecule is CCCCCCCCCCCCCCCCSSCCN(F)C(=O)C(F)(F)C(F)(F)C(F)(F)C(F)(F)C(F)(F)C(F)(F)C(F)(F)C(F)(F)F. The van der Waals surface area contributed by atoms with Gasteiger partial charge in [-0.1, -0.05) is 116 Å². The van der Waals surface area contributed by atoms with Gasteiger partial charge in [0.1, 0.15) is 0 Å². The second-order valence-electron chi connectivity index (χ2n) is 11.1. The lowest BCUT2D eigenvalue weighted by Crippen LogP contribution is -2.75. The molecule has 0 aliphatic carbocycles. The summed E-state index contributed by atoms with van der Waals surface area (Å²) >= 11 is 0. The minimum Gasteiger partial charge on any atom is -0.265 e. The largest absolute Gasteiger partial charge is 0.460 e. The van der Waals surface area contributed by atoms with Crippen molar-refractivity contribution in [1.82, 2.24) is 5.12 Å². The van der Waals surface area contributed by atoms with Crippen LogP contribution in [0.1, 0.15) is 96.8 Å². The number of hydrogen-bond donors (Lipinski definition) is 0. The number of nitrogens with zero attached hydrogens (tertiary/aromatic N) is 1. The number of halogens is 18. The van der Waals surface area contributed by atoms with Crippen molar-refractivity contribution in [2.75, 3.05) is 18.1 Å². The Hall–Kier alpha value is -1.09. The third-order valence-corrected chi connectivity index (χ3v) is 9.72. The van der Waals surface area contributed by atoms with Gasteiger partial charge < -0.3 is 0 Å². The van der Waals surface area contributed by atoms with Crippen LogP contribution in [0.5, 0.6) is 0 Å². The van der Waals surface area contributed by atoms with E-state index in [1.54, 1.807) is 0 Å². The lowest BCUT2D eigenvalue weighted by atomic mass is 9.89. The molecule has 0 saturated carbocycles. The molecule has 1 amide bonds. The van der Waals surface area contributed by atoms with Crippen molar-refractivity contribution in [3.63, 3.8) is 0 Å². The topological polar surface area (TPSA) is 20.3 Å². The van der Waals surface area contributed by atoms with Crippen LogP contribution in [0.3, 0.4) is 0 Å². The highest BCUT2D eigenvalue weighted by molar-refractivity contribution is 8.76. The molecule has 0 spiro atoms. The molecule has 0 aromatic heterocycles. The summed E-state index contributed by atoms with van der Waals surface area (Å²) in [6.07, 6.45) is 7.16. The van der Waals surface area contributed by atoms with E-state index in [0.717, 1.165) is 49.3 Å². The van der Waals surface area contributed by atoms with Crippen LogP contribution in [-0.4, -0.2) is 76.7 Å². The van der Waals surface area contributed by atoms with Gasteiger partial charge in [-0.25, -0.2) is 0 Å². The fourth-order valence-corrected chi connectivity index (χ4v) is 6.22. The van der Waals surface area contributed by atoms with E-state index in [1.807, 2.05) is 0 Å². The van der Waals surface area contributed by atoms with Crippen molar-refractivity contribution < 1.29 is 83.9 Å². The molecule has 0 heterocycles. The van der Waals surface area contributed by atoms with Crippen LogP contribution in [0.4, 0.5) is 79.1 Å². The van der Waals surface area contributed by atoms with Crippen molar-refractivity contribution >= 4 is 27.5 Å². The number of carbonyl (C=O) groups is 1. The Bertz CT molecular complexity index is 978. The van der Waals surface area contributed by atoms with Gasteiger partial charge in [-0.3, -0.25) is 4.79 Å². The quantitative estimate of drug-likeness (QED) is 0.0376. The number of alkyl halides is 17. The standard InChI is InChI=1S/C27H37F18NOS2/c1-2-3-4-5-6-7-8-9-10-11-12-13-14-15-17-48-49-18-16-46(45)19(47)20(28,29)21(30,31)22(32,33)23(34,35)24(36,37)25(38,39)26(40,41)27(42,43)44/h2-18H2,1H3. The summed E-state index contributed by atoms with van der Waals surface area (Å²) < 4.78 is 240.